The molecular formula is C34H52O5Si. The van der Waals surface area contributed by atoms with E-state index in [0.717, 1.165) is 12.0 Å². The molecule has 3 saturated carbocycles. The van der Waals surface area contributed by atoms with Crippen LogP contribution in [0.3, 0.4) is 0 Å². The molecule has 3 aliphatic carbocycles. The zero-order valence-electron chi connectivity index (χ0n) is 25.7. The van der Waals surface area contributed by atoms with Crippen LogP contribution in [0.5, 0.6) is 0 Å². The van der Waals surface area contributed by atoms with Gasteiger partial charge in [0.05, 0.1) is 0 Å². The van der Waals surface area contributed by atoms with Crippen LogP contribution >= 0.6 is 0 Å². The average Bonchev–Trinajstić information content (AvgIpc) is 3.23. The highest BCUT2D eigenvalue weighted by Gasteiger charge is 2.56. The van der Waals surface area contributed by atoms with Gasteiger partial charge in [-0.25, -0.2) is 0 Å². The van der Waals surface area contributed by atoms with E-state index < -0.39 is 14.3 Å². The molecule has 3 aliphatic rings. The normalized spacial score (nSPS) is 28.6. The molecule has 6 atom stereocenters. The van der Waals surface area contributed by atoms with Gasteiger partial charge in [0.1, 0.15) is 24.6 Å². The lowest BCUT2D eigenvalue weighted by molar-refractivity contribution is -0.147. The van der Waals surface area contributed by atoms with Crippen molar-refractivity contribution in [3.8, 4) is 0 Å². The highest BCUT2D eigenvalue weighted by molar-refractivity contribution is 6.77. The summed E-state index contributed by atoms with van der Waals surface area (Å²) in [6.07, 6.45) is 6.54. The Balaban J connectivity index is 1.45. The summed E-state index contributed by atoms with van der Waals surface area (Å²) in [5, 5.41) is 0. The van der Waals surface area contributed by atoms with Crippen molar-refractivity contribution in [2.45, 2.75) is 116 Å². The number of fused-ring (bicyclic) bond motifs is 3. The van der Waals surface area contributed by atoms with Crippen LogP contribution in [-0.4, -0.2) is 32.5 Å². The van der Waals surface area contributed by atoms with Crippen LogP contribution in [0.2, 0.25) is 16.6 Å². The van der Waals surface area contributed by atoms with Gasteiger partial charge in [-0.3, -0.25) is 14.4 Å². The van der Waals surface area contributed by atoms with Gasteiger partial charge in [-0.05, 0) is 64.6 Å². The van der Waals surface area contributed by atoms with E-state index in [-0.39, 0.29) is 42.5 Å². The summed E-state index contributed by atoms with van der Waals surface area (Å²) in [5.41, 5.74) is 2.45. The molecule has 40 heavy (non-hydrogen) atoms. The first kappa shape index (κ1) is 31.1. The summed E-state index contributed by atoms with van der Waals surface area (Å²) in [6, 6.07) is 9.53. The van der Waals surface area contributed by atoms with Crippen LogP contribution in [-0.2, 0) is 30.2 Å². The SMILES string of the molecule is CC(C)[Si](OC[C@@H]1C[C@@H]2CCCC[C@H]2C2C1C(=O)C[C@@H]2CC(=O)CC(=O)OCc1ccccc1)(C(C)C)C(C)C. The van der Waals surface area contributed by atoms with Crippen LogP contribution in [0.25, 0.3) is 0 Å². The lowest BCUT2D eigenvalue weighted by Crippen LogP contribution is -2.51. The molecule has 0 amide bonds. The molecule has 0 radical (unpaired) electrons. The van der Waals surface area contributed by atoms with Gasteiger partial charge in [0.15, 0.2) is 8.32 Å². The number of Topliss-reactive ketones (excluding diaryl/α,β-unsaturated/α-hetero) is 2. The summed E-state index contributed by atoms with van der Waals surface area (Å²) >= 11 is 0. The van der Waals surface area contributed by atoms with E-state index in [1.807, 2.05) is 30.3 Å². The highest BCUT2D eigenvalue weighted by Crippen LogP contribution is 2.57. The Kier molecular flexibility index (Phi) is 10.5. The van der Waals surface area contributed by atoms with Crippen molar-refractivity contribution < 1.29 is 23.5 Å². The number of esters is 1. The molecule has 1 aromatic carbocycles. The van der Waals surface area contributed by atoms with E-state index >= 15 is 0 Å². The third kappa shape index (κ3) is 6.64. The van der Waals surface area contributed by atoms with E-state index in [1.165, 1.54) is 25.7 Å². The van der Waals surface area contributed by atoms with Crippen LogP contribution in [0.4, 0.5) is 0 Å². The Morgan fingerprint density at radius 1 is 0.925 bits per heavy atom. The number of carbonyl (C=O) groups is 3. The van der Waals surface area contributed by atoms with Gasteiger partial charge in [-0.2, -0.15) is 0 Å². The minimum absolute atomic E-state index is 0.000342. The monoisotopic (exact) mass is 568 g/mol. The average molecular weight is 569 g/mol. The quantitative estimate of drug-likeness (QED) is 0.146. The molecule has 0 bridgehead atoms. The molecule has 222 valence electrons. The summed E-state index contributed by atoms with van der Waals surface area (Å²) in [7, 11) is -2.03. The first-order valence-electron chi connectivity index (χ1n) is 15.9. The van der Waals surface area contributed by atoms with Crippen LogP contribution in [0, 0.1) is 35.5 Å². The number of benzene rings is 1. The van der Waals surface area contributed by atoms with Gasteiger partial charge in [0.25, 0.3) is 0 Å². The van der Waals surface area contributed by atoms with Crippen molar-refractivity contribution in [3.63, 3.8) is 0 Å². The Hall–Kier alpha value is -1.79. The fourth-order valence-corrected chi connectivity index (χ4v) is 14.8. The summed E-state index contributed by atoms with van der Waals surface area (Å²) in [5.74, 6) is 1.45. The predicted octanol–water partition coefficient (Wildman–Crippen LogP) is 7.92. The Labute approximate surface area is 243 Å². The number of ether oxygens (including phenoxy) is 1. The van der Waals surface area contributed by atoms with Crippen molar-refractivity contribution in [3.05, 3.63) is 35.9 Å². The number of rotatable bonds is 12. The van der Waals surface area contributed by atoms with E-state index in [2.05, 4.69) is 41.5 Å². The van der Waals surface area contributed by atoms with Gasteiger partial charge in [-0.1, -0.05) is 91.1 Å². The molecule has 0 spiro atoms. The Morgan fingerprint density at radius 3 is 2.23 bits per heavy atom. The molecule has 5 nitrogen and oxygen atoms in total. The van der Waals surface area contributed by atoms with Crippen molar-refractivity contribution in [1.29, 1.82) is 0 Å². The van der Waals surface area contributed by atoms with Crippen LogP contribution in [0.15, 0.2) is 30.3 Å². The van der Waals surface area contributed by atoms with Gasteiger partial charge >= 0.3 is 5.97 Å². The maximum absolute atomic E-state index is 13.6. The van der Waals surface area contributed by atoms with Crippen molar-refractivity contribution in [2.24, 2.45) is 35.5 Å². The first-order valence-corrected chi connectivity index (χ1v) is 18.1. The maximum Gasteiger partial charge on any atom is 0.313 e. The topological polar surface area (TPSA) is 69.7 Å². The third-order valence-electron chi connectivity index (χ3n) is 10.7. The second-order valence-corrected chi connectivity index (χ2v) is 19.4. The molecular weight excluding hydrogens is 516 g/mol. The molecule has 0 aromatic heterocycles. The molecule has 0 saturated heterocycles. The van der Waals surface area contributed by atoms with Crippen molar-refractivity contribution in [2.75, 3.05) is 6.61 Å². The Morgan fingerprint density at radius 2 is 1.57 bits per heavy atom. The number of carbonyl (C=O) groups excluding carboxylic acids is 3. The zero-order valence-corrected chi connectivity index (χ0v) is 26.7. The standard InChI is InChI=1S/C34H52O5Si/c1-22(2)40(23(3)4,24(5)6)39-21-28-16-26-14-10-11-15-30(26)33-27(18-31(36)34(28)33)17-29(35)19-32(37)38-20-25-12-8-7-9-13-25/h7-9,12-13,22-24,26-28,30,33-34H,10-11,14-21H2,1-6H3/t26-,27-,28-,30+,33?,34?/m0/s1. The summed E-state index contributed by atoms with van der Waals surface area (Å²) in [4.78, 5) is 39.2. The minimum atomic E-state index is -2.03. The maximum atomic E-state index is 13.6. The highest BCUT2D eigenvalue weighted by atomic mass is 28.4. The largest absolute Gasteiger partial charge is 0.460 e. The Bertz CT molecular complexity index is 997. The molecule has 3 fully saturated rings. The molecule has 0 N–H and O–H groups in total. The number of ketones is 2. The fourth-order valence-electron chi connectivity index (χ4n) is 9.25. The van der Waals surface area contributed by atoms with Crippen molar-refractivity contribution >= 4 is 25.9 Å². The third-order valence-corrected chi connectivity index (χ3v) is 16.8. The molecule has 0 heterocycles. The summed E-state index contributed by atoms with van der Waals surface area (Å²) in [6.45, 7) is 14.8. The van der Waals surface area contributed by atoms with Crippen molar-refractivity contribution in [1.82, 2.24) is 0 Å². The summed E-state index contributed by atoms with van der Waals surface area (Å²) < 4.78 is 12.5. The second kappa shape index (κ2) is 13.5. The van der Waals surface area contributed by atoms with Crippen LogP contribution in [0.1, 0.15) is 98.5 Å². The van der Waals surface area contributed by atoms with E-state index in [1.54, 1.807) is 0 Å². The molecule has 2 unspecified atom stereocenters. The lowest BCUT2D eigenvalue weighted by atomic mass is 9.57. The predicted molar refractivity (Wildman–Crippen MR) is 161 cm³/mol. The number of hydrogen-bond donors (Lipinski definition) is 0. The molecule has 6 heteroatoms. The smallest absolute Gasteiger partial charge is 0.313 e. The van der Waals surface area contributed by atoms with Gasteiger partial charge in [0.2, 0.25) is 0 Å². The molecule has 4 rings (SSSR count). The van der Waals surface area contributed by atoms with E-state index in [9.17, 15) is 14.4 Å². The van der Waals surface area contributed by atoms with Gasteiger partial charge < -0.3 is 9.16 Å². The number of hydrogen-bond acceptors (Lipinski definition) is 5. The van der Waals surface area contributed by atoms with Gasteiger partial charge in [0, 0.05) is 25.4 Å². The van der Waals surface area contributed by atoms with Gasteiger partial charge in [-0.15, -0.1) is 0 Å². The zero-order chi connectivity index (χ0) is 29.0. The lowest BCUT2D eigenvalue weighted by Gasteiger charge is -2.49. The van der Waals surface area contributed by atoms with E-state index in [4.69, 9.17) is 9.16 Å². The molecule has 0 aliphatic heterocycles. The van der Waals surface area contributed by atoms with Crippen LogP contribution < -0.4 is 0 Å². The molecule has 1 aromatic rings. The van der Waals surface area contributed by atoms with E-state index in [0.29, 0.717) is 53.7 Å². The second-order valence-electron chi connectivity index (χ2n) is 13.9. The first-order chi connectivity index (χ1) is 19.0. The fraction of sp³-hybridized carbons (Fsp3) is 0.735. The minimum Gasteiger partial charge on any atom is -0.460 e.